The number of ether oxygens (including phenoxy) is 4. The molecule has 0 aliphatic carbocycles. The third kappa shape index (κ3) is 6.51. The third-order valence-electron chi connectivity index (χ3n) is 5.07. The van der Waals surface area contributed by atoms with Crippen LogP contribution in [0, 0.1) is 12.1 Å². The summed E-state index contributed by atoms with van der Waals surface area (Å²) in [5.41, 5.74) is 2.20. The molecule has 7 heteroatoms. The predicted octanol–water partition coefficient (Wildman–Crippen LogP) is 3.77. The van der Waals surface area contributed by atoms with Crippen LogP contribution in [0.15, 0.2) is 42.5 Å². The van der Waals surface area contributed by atoms with E-state index in [4.69, 9.17) is 18.9 Å². The van der Waals surface area contributed by atoms with Crippen molar-refractivity contribution in [2.75, 3.05) is 47.1 Å². The standard InChI is InChI=1S/C22H29NO5.ClH/c1-17-5-4-6-19(13-17)28-16-20-15-23(24,11-12-27-20)10-9-18-7-8-21(25-2)22(14-18)26-3;/h4-8,13-14,20H,9-12,15-16H2,1-3H3;1H. The van der Waals surface area contributed by atoms with Crippen molar-refractivity contribution >= 4 is 12.4 Å². The Morgan fingerprint density at radius 2 is 1.90 bits per heavy atom. The number of nitrogens with zero attached hydrogens (tertiary/aromatic N) is 1. The fourth-order valence-electron chi connectivity index (χ4n) is 3.47. The van der Waals surface area contributed by atoms with Gasteiger partial charge < -0.3 is 28.8 Å². The monoisotopic (exact) mass is 423 g/mol. The molecule has 1 heterocycles. The molecule has 2 atom stereocenters. The molecular formula is C22H30ClNO5. The van der Waals surface area contributed by atoms with Gasteiger partial charge in [-0.2, -0.15) is 0 Å². The molecule has 0 saturated carbocycles. The van der Waals surface area contributed by atoms with Gasteiger partial charge in [-0.3, -0.25) is 0 Å². The van der Waals surface area contributed by atoms with Gasteiger partial charge in [0.2, 0.25) is 0 Å². The summed E-state index contributed by atoms with van der Waals surface area (Å²) in [7, 11) is 3.23. The van der Waals surface area contributed by atoms with Crippen LogP contribution in [0.2, 0.25) is 0 Å². The van der Waals surface area contributed by atoms with E-state index in [0.29, 0.717) is 50.8 Å². The number of methoxy groups -OCH3 is 2. The lowest BCUT2D eigenvalue weighted by Gasteiger charge is -2.47. The van der Waals surface area contributed by atoms with Crippen molar-refractivity contribution in [1.29, 1.82) is 0 Å². The fraction of sp³-hybridized carbons (Fsp3) is 0.455. The Morgan fingerprint density at radius 1 is 1.10 bits per heavy atom. The molecule has 2 unspecified atom stereocenters. The molecule has 0 radical (unpaired) electrons. The van der Waals surface area contributed by atoms with Crippen LogP contribution in [0.1, 0.15) is 11.1 Å². The Kier molecular flexibility index (Phi) is 8.59. The summed E-state index contributed by atoms with van der Waals surface area (Å²) in [6.45, 7) is 4.24. The van der Waals surface area contributed by atoms with Crippen molar-refractivity contribution in [2.45, 2.75) is 19.4 Å². The van der Waals surface area contributed by atoms with Gasteiger partial charge in [0.05, 0.1) is 27.4 Å². The highest BCUT2D eigenvalue weighted by molar-refractivity contribution is 5.85. The Hall–Kier alpha value is -1.99. The maximum atomic E-state index is 13.2. The van der Waals surface area contributed by atoms with Gasteiger partial charge in [0.25, 0.3) is 0 Å². The van der Waals surface area contributed by atoms with Crippen molar-refractivity contribution in [1.82, 2.24) is 0 Å². The summed E-state index contributed by atoms with van der Waals surface area (Å²) in [6.07, 6.45) is 0.479. The Labute approximate surface area is 178 Å². The number of quaternary nitrogens is 1. The lowest BCUT2D eigenvalue weighted by atomic mass is 10.1. The van der Waals surface area contributed by atoms with Crippen molar-refractivity contribution in [3.63, 3.8) is 0 Å². The Bertz CT molecular complexity index is 788. The summed E-state index contributed by atoms with van der Waals surface area (Å²) in [6, 6.07) is 13.7. The zero-order valence-corrected chi connectivity index (χ0v) is 18.1. The number of hydroxylamine groups is 3. The second-order valence-corrected chi connectivity index (χ2v) is 7.25. The van der Waals surface area contributed by atoms with Crippen LogP contribution >= 0.6 is 12.4 Å². The van der Waals surface area contributed by atoms with Crippen LogP contribution < -0.4 is 14.2 Å². The lowest BCUT2D eigenvalue weighted by Crippen LogP contribution is -2.56. The molecule has 0 aromatic heterocycles. The largest absolute Gasteiger partial charge is 0.633 e. The average Bonchev–Trinajstić information content (AvgIpc) is 2.71. The molecular weight excluding hydrogens is 394 g/mol. The van der Waals surface area contributed by atoms with E-state index in [0.717, 1.165) is 16.9 Å². The van der Waals surface area contributed by atoms with Gasteiger partial charge >= 0.3 is 0 Å². The zero-order valence-electron chi connectivity index (χ0n) is 17.3. The van der Waals surface area contributed by atoms with Crippen LogP contribution in [-0.4, -0.2) is 57.8 Å². The molecule has 0 spiro atoms. The predicted molar refractivity (Wildman–Crippen MR) is 115 cm³/mol. The van der Waals surface area contributed by atoms with Crippen molar-refractivity contribution in [3.05, 3.63) is 58.8 Å². The zero-order chi connectivity index (χ0) is 20.0. The second kappa shape index (κ2) is 10.7. The van der Waals surface area contributed by atoms with E-state index in [1.54, 1.807) is 14.2 Å². The maximum absolute atomic E-state index is 13.2. The summed E-state index contributed by atoms with van der Waals surface area (Å²) >= 11 is 0. The number of hydrogen-bond acceptors (Lipinski definition) is 5. The number of halogens is 1. The molecule has 1 aliphatic rings. The molecule has 0 bridgehead atoms. The number of rotatable bonds is 8. The number of morpholine rings is 1. The minimum atomic E-state index is -0.268. The highest BCUT2D eigenvalue weighted by Crippen LogP contribution is 2.28. The van der Waals surface area contributed by atoms with Gasteiger partial charge in [-0.15, -0.1) is 12.4 Å². The molecule has 0 N–H and O–H groups in total. The molecule has 6 nitrogen and oxygen atoms in total. The van der Waals surface area contributed by atoms with Crippen LogP contribution in [0.5, 0.6) is 17.2 Å². The molecule has 160 valence electrons. The number of hydrogen-bond donors (Lipinski definition) is 0. The van der Waals surface area contributed by atoms with Gasteiger partial charge in [0.1, 0.15) is 31.5 Å². The van der Waals surface area contributed by atoms with Crippen LogP contribution in [-0.2, 0) is 11.2 Å². The minimum Gasteiger partial charge on any atom is -0.633 e. The van der Waals surface area contributed by atoms with E-state index in [9.17, 15) is 5.21 Å². The van der Waals surface area contributed by atoms with Gasteiger partial charge in [-0.1, -0.05) is 18.2 Å². The van der Waals surface area contributed by atoms with Crippen molar-refractivity contribution in [3.8, 4) is 17.2 Å². The third-order valence-corrected chi connectivity index (χ3v) is 5.07. The van der Waals surface area contributed by atoms with E-state index in [1.165, 1.54) is 0 Å². The molecule has 29 heavy (non-hydrogen) atoms. The molecule has 0 amide bonds. The fourth-order valence-corrected chi connectivity index (χ4v) is 3.47. The topological polar surface area (TPSA) is 60.0 Å². The summed E-state index contributed by atoms with van der Waals surface area (Å²) in [5.74, 6) is 2.18. The first kappa shape index (κ1) is 23.3. The van der Waals surface area contributed by atoms with Crippen LogP contribution in [0.4, 0.5) is 0 Å². The lowest BCUT2D eigenvalue weighted by molar-refractivity contribution is -0.892. The molecule has 1 aliphatic heterocycles. The highest BCUT2D eigenvalue weighted by Gasteiger charge is 2.29. The SMILES string of the molecule is COc1ccc(CC[N+]2([O-])CCOC(COc3cccc(C)c3)C2)cc1OC.Cl. The molecule has 2 aromatic rings. The summed E-state index contributed by atoms with van der Waals surface area (Å²) in [4.78, 5) is 0. The van der Waals surface area contributed by atoms with Crippen LogP contribution in [0.25, 0.3) is 0 Å². The summed E-state index contributed by atoms with van der Waals surface area (Å²) in [5, 5.41) is 13.2. The van der Waals surface area contributed by atoms with E-state index in [-0.39, 0.29) is 23.2 Å². The Morgan fingerprint density at radius 3 is 2.62 bits per heavy atom. The highest BCUT2D eigenvalue weighted by atomic mass is 35.5. The van der Waals surface area contributed by atoms with Gasteiger partial charge in [-0.25, -0.2) is 0 Å². The molecule has 3 rings (SSSR count). The first-order valence-corrected chi connectivity index (χ1v) is 9.60. The van der Waals surface area contributed by atoms with E-state index < -0.39 is 0 Å². The first-order chi connectivity index (χ1) is 13.5. The smallest absolute Gasteiger partial charge is 0.160 e. The maximum Gasteiger partial charge on any atom is 0.160 e. The normalized spacial score (nSPS) is 21.2. The van der Waals surface area contributed by atoms with Crippen molar-refractivity contribution in [2.24, 2.45) is 0 Å². The Balaban J connectivity index is 0.00000300. The number of aryl methyl sites for hydroxylation is 1. The second-order valence-electron chi connectivity index (χ2n) is 7.25. The molecule has 2 aromatic carbocycles. The van der Waals surface area contributed by atoms with E-state index in [1.807, 2.05) is 49.4 Å². The summed E-state index contributed by atoms with van der Waals surface area (Å²) < 4.78 is 22.0. The van der Waals surface area contributed by atoms with Gasteiger partial charge in [0.15, 0.2) is 11.5 Å². The van der Waals surface area contributed by atoms with Crippen molar-refractivity contribution < 1.29 is 23.6 Å². The molecule has 1 saturated heterocycles. The first-order valence-electron chi connectivity index (χ1n) is 9.60. The quantitative estimate of drug-likeness (QED) is 0.477. The van der Waals surface area contributed by atoms with Gasteiger partial charge in [0, 0.05) is 6.42 Å². The molecule has 1 fully saturated rings. The van der Waals surface area contributed by atoms with Gasteiger partial charge in [-0.05, 0) is 42.3 Å². The van der Waals surface area contributed by atoms with E-state index >= 15 is 0 Å². The average molecular weight is 424 g/mol. The van der Waals surface area contributed by atoms with Crippen LogP contribution in [0.3, 0.4) is 0 Å². The minimum absolute atomic E-state index is 0. The number of benzene rings is 2. The van der Waals surface area contributed by atoms with E-state index in [2.05, 4.69) is 0 Å².